The molecule has 0 aliphatic carbocycles. The molecule has 0 aromatic carbocycles. The second-order valence-corrected chi connectivity index (χ2v) is 8.52. The number of pyridine rings is 1. The highest BCUT2D eigenvalue weighted by atomic mass is 19.4. The first kappa shape index (κ1) is 32.1. The number of anilines is 1. The van der Waals surface area contributed by atoms with E-state index in [4.69, 9.17) is 19.8 Å². The normalized spacial score (nSPS) is 19.4. The third-order valence-electron chi connectivity index (χ3n) is 5.77. The molecule has 220 valence electrons. The van der Waals surface area contributed by atoms with E-state index in [1.54, 1.807) is 11.1 Å². The molecule has 11 nitrogen and oxygen atoms in total. The van der Waals surface area contributed by atoms with Crippen LogP contribution in [0.4, 0.5) is 36.7 Å². The van der Waals surface area contributed by atoms with Crippen LogP contribution in [0.5, 0.6) is 0 Å². The first-order chi connectivity index (χ1) is 18.5. The van der Waals surface area contributed by atoms with Gasteiger partial charge in [0.1, 0.15) is 5.54 Å². The largest absolute Gasteiger partial charge is 0.490 e. The van der Waals surface area contributed by atoms with Gasteiger partial charge in [-0.05, 0) is 18.1 Å². The smallest absolute Gasteiger partial charge is 0.475 e. The van der Waals surface area contributed by atoms with Crippen LogP contribution < -0.4 is 4.90 Å². The molecular formula is C22H23F7N6O5. The van der Waals surface area contributed by atoms with Crippen molar-refractivity contribution in [3.63, 3.8) is 0 Å². The molecule has 2 aromatic heterocycles. The summed E-state index contributed by atoms with van der Waals surface area (Å²) < 4.78 is 76.6. The second kappa shape index (κ2) is 12.8. The van der Waals surface area contributed by atoms with Crippen LogP contribution >= 0.6 is 0 Å². The predicted molar refractivity (Wildman–Crippen MR) is 121 cm³/mol. The Kier molecular flexibility index (Phi) is 10.3. The molecule has 2 saturated heterocycles. The molecule has 1 amide bonds. The van der Waals surface area contributed by atoms with Gasteiger partial charge in [0.15, 0.2) is 5.82 Å². The number of hydrogen-bond donors (Lipinski definition) is 2. The SMILES string of the molecule is CN1CCN(Cc2cccnc2)C2(CCN(c3ncc(F)cn3)C2)C1=O.O=C(O)C(F)(F)F.O=C(O)C(F)(F)F. The molecule has 0 bridgehead atoms. The van der Waals surface area contributed by atoms with Gasteiger partial charge in [-0.15, -0.1) is 0 Å². The Morgan fingerprint density at radius 1 is 0.975 bits per heavy atom. The van der Waals surface area contributed by atoms with Crippen LogP contribution in [-0.4, -0.2) is 104 Å². The number of carbonyl (C=O) groups excluding carboxylic acids is 1. The van der Waals surface area contributed by atoms with E-state index in [0.717, 1.165) is 24.5 Å². The van der Waals surface area contributed by atoms with Gasteiger partial charge in [0, 0.05) is 52.2 Å². The summed E-state index contributed by atoms with van der Waals surface area (Å²) in [4.78, 5) is 49.3. The number of rotatable bonds is 3. The molecule has 2 aliphatic heterocycles. The van der Waals surface area contributed by atoms with Crippen molar-refractivity contribution >= 4 is 23.8 Å². The summed E-state index contributed by atoms with van der Waals surface area (Å²) in [5.74, 6) is -5.39. The molecule has 1 unspecified atom stereocenters. The lowest BCUT2D eigenvalue weighted by molar-refractivity contribution is -0.193. The summed E-state index contributed by atoms with van der Waals surface area (Å²) in [6, 6.07) is 3.94. The summed E-state index contributed by atoms with van der Waals surface area (Å²) in [5.41, 5.74) is 0.473. The number of piperazine rings is 1. The number of carboxylic acids is 2. The summed E-state index contributed by atoms with van der Waals surface area (Å²) in [6.45, 7) is 3.34. The van der Waals surface area contributed by atoms with Gasteiger partial charge in [-0.25, -0.2) is 23.9 Å². The van der Waals surface area contributed by atoms with Crippen LogP contribution in [0.25, 0.3) is 0 Å². The Morgan fingerprint density at radius 3 is 2.00 bits per heavy atom. The number of amides is 1. The topological polar surface area (TPSA) is 140 Å². The number of alkyl halides is 6. The average Bonchev–Trinajstić information content (AvgIpc) is 3.31. The predicted octanol–water partition coefficient (Wildman–Crippen LogP) is 2.20. The number of nitrogens with zero attached hydrogens (tertiary/aromatic N) is 6. The van der Waals surface area contributed by atoms with Crippen molar-refractivity contribution in [2.45, 2.75) is 30.9 Å². The lowest BCUT2D eigenvalue weighted by atomic mass is 9.91. The molecule has 2 fully saturated rings. The Morgan fingerprint density at radius 2 is 1.52 bits per heavy atom. The Balaban J connectivity index is 0.000000333. The lowest BCUT2D eigenvalue weighted by Gasteiger charge is -2.46. The van der Waals surface area contributed by atoms with E-state index in [9.17, 15) is 35.5 Å². The summed E-state index contributed by atoms with van der Waals surface area (Å²) in [6.07, 6.45) is -3.56. The molecule has 0 saturated carbocycles. The minimum Gasteiger partial charge on any atom is -0.475 e. The summed E-state index contributed by atoms with van der Waals surface area (Å²) in [7, 11) is 1.85. The number of halogens is 7. The number of aliphatic carboxylic acids is 2. The zero-order valence-electron chi connectivity index (χ0n) is 20.7. The Bertz CT molecular complexity index is 1140. The number of carboxylic acid groups (broad SMARTS) is 2. The van der Waals surface area contributed by atoms with Gasteiger partial charge in [-0.1, -0.05) is 6.07 Å². The van der Waals surface area contributed by atoms with Crippen molar-refractivity contribution in [2.24, 2.45) is 0 Å². The molecule has 2 N–H and O–H groups in total. The lowest BCUT2D eigenvalue weighted by Crippen LogP contribution is -2.65. The molecule has 40 heavy (non-hydrogen) atoms. The number of carbonyl (C=O) groups is 3. The van der Waals surface area contributed by atoms with Gasteiger partial charge in [-0.3, -0.25) is 14.7 Å². The van der Waals surface area contributed by atoms with Gasteiger partial charge in [0.25, 0.3) is 0 Å². The maximum Gasteiger partial charge on any atom is 0.490 e. The van der Waals surface area contributed by atoms with Gasteiger partial charge < -0.3 is 20.0 Å². The van der Waals surface area contributed by atoms with Crippen LogP contribution in [0.1, 0.15) is 12.0 Å². The van der Waals surface area contributed by atoms with Crippen molar-refractivity contribution in [2.75, 3.05) is 38.1 Å². The van der Waals surface area contributed by atoms with E-state index >= 15 is 0 Å². The molecule has 1 atom stereocenters. The minimum atomic E-state index is -5.08. The molecule has 0 radical (unpaired) electrons. The quantitative estimate of drug-likeness (QED) is 0.516. The maximum absolute atomic E-state index is 13.1. The van der Waals surface area contributed by atoms with Crippen molar-refractivity contribution < 1.29 is 55.3 Å². The van der Waals surface area contributed by atoms with Crippen LogP contribution in [-0.2, 0) is 20.9 Å². The fourth-order valence-electron chi connectivity index (χ4n) is 3.89. The first-order valence-corrected chi connectivity index (χ1v) is 11.2. The van der Waals surface area contributed by atoms with Gasteiger partial charge in [0.2, 0.25) is 11.9 Å². The maximum atomic E-state index is 13.1. The van der Waals surface area contributed by atoms with Gasteiger partial charge in [0.05, 0.1) is 12.4 Å². The van der Waals surface area contributed by atoms with E-state index in [-0.39, 0.29) is 5.91 Å². The molecule has 4 heterocycles. The molecule has 18 heteroatoms. The van der Waals surface area contributed by atoms with Gasteiger partial charge >= 0.3 is 24.3 Å². The highest BCUT2D eigenvalue weighted by Crippen LogP contribution is 2.35. The Hall–Kier alpha value is -4.09. The van der Waals surface area contributed by atoms with Crippen LogP contribution in [0.3, 0.4) is 0 Å². The van der Waals surface area contributed by atoms with Gasteiger partial charge in [-0.2, -0.15) is 26.3 Å². The minimum absolute atomic E-state index is 0.122. The van der Waals surface area contributed by atoms with E-state index in [2.05, 4.69) is 19.9 Å². The highest BCUT2D eigenvalue weighted by Gasteiger charge is 2.53. The number of likely N-dealkylation sites (N-methyl/N-ethyl adjacent to an activating group) is 1. The monoisotopic (exact) mass is 584 g/mol. The van der Waals surface area contributed by atoms with E-state index < -0.39 is 35.6 Å². The Labute approximate surface area is 221 Å². The second-order valence-electron chi connectivity index (χ2n) is 8.52. The molecule has 1 spiro atoms. The molecule has 2 aromatic rings. The fraction of sp³-hybridized carbons (Fsp3) is 0.455. The van der Waals surface area contributed by atoms with Crippen molar-refractivity contribution in [3.8, 4) is 0 Å². The third kappa shape index (κ3) is 8.45. The average molecular weight is 584 g/mol. The summed E-state index contributed by atoms with van der Waals surface area (Å²) >= 11 is 0. The molecular weight excluding hydrogens is 561 g/mol. The van der Waals surface area contributed by atoms with E-state index in [1.165, 1.54) is 0 Å². The summed E-state index contributed by atoms with van der Waals surface area (Å²) in [5, 5.41) is 14.2. The molecule has 2 aliphatic rings. The standard InChI is InChI=1S/C18H21FN6O.2C2HF3O2/c1-23-7-8-25(12-14-3-2-5-20-9-14)18(16(23)26)4-6-24(13-18)17-21-10-15(19)11-22-17;2*3-2(4,5)1(6)7/h2-3,5,9-11H,4,6-8,12-13H2,1H3;2*(H,6,7). The van der Waals surface area contributed by atoms with E-state index in [0.29, 0.717) is 38.5 Å². The third-order valence-corrected chi connectivity index (χ3v) is 5.77. The van der Waals surface area contributed by atoms with Crippen LogP contribution in [0, 0.1) is 5.82 Å². The van der Waals surface area contributed by atoms with Crippen molar-refractivity contribution in [1.29, 1.82) is 0 Å². The van der Waals surface area contributed by atoms with E-state index in [1.807, 2.05) is 30.3 Å². The highest BCUT2D eigenvalue weighted by molar-refractivity contribution is 5.88. The van der Waals surface area contributed by atoms with Crippen molar-refractivity contribution in [3.05, 3.63) is 48.3 Å². The molecule has 4 rings (SSSR count). The van der Waals surface area contributed by atoms with Crippen LogP contribution in [0.15, 0.2) is 36.9 Å². The number of hydrogen-bond acceptors (Lipinski definition) is 8. The van der Waals surface area contributed by atoms with Crippen molar-refractivity contribution in [1.82, 2.24) is 24.8 Å². The number of aromatic nitrogens is 3. The zero-order chi connectivity index (χ0) is 30.3. The first-order valence-electron chi connectivity index (χ1n) is 11.2. The fourth-order valence-corrected chi connectivity index (χ4v) is 3.89. The van der Waals surface area contributed by atoms with Crippen LogP contribution in [0.2, 0.25) is 0 Å². The zero-order valence-corrected chi connectivity index (χ0v) is 20.7.